The van der Waals surface area contributed by atoms with Gasteiger partial charge in [-0.25, -0.2) is 4.79 Å². The summed E-state index contributed by atoms with van der Waals surface area (Å²) in [5.41, 5.74) is -0.139. The van der Waals surface area contributed by atoms with Crippen molar-refractivity contribution in [3.05, 3.63) is 34.3 Å². The summed E-state index contributed by atoms with van der Waals surface area (Å²) in [7, 11) is 1.54. The fourth-order valence-electron chi connectivity index (χ4n) is 1.95. The van der Waals surface area contributed by atoms with Crippen LogP contribution in [0.4, 0.5) is 4.79 Å². The Labute approximate surface area is 146 Å². The third kappa shape index (κ3) is 6.60. The van der Waals surface area contributed by atoms with E-state index >= 15 is 0 Å². The van der Waals surface area contributed by atoms with Gasteiger partial charge in [0, 0.05) is 11.5 Å². The van der Waals surface area contributed by atoms with Gasteiger partial charge in [0.25, 0.3) is 0 Å². The molecule has 0 atom stereocenters. The zero-order valence-electron chi connectivity index (χ0n) is 14.6. The number of carbonyl (C=O) groups excluding carboxylic acids is 2. The van der Waals surface area contributed by atoms with Crippen LogP contribution in [-0.4, -0.2) is 36.1 Å². The molecule has 0 aliphatic heterocycles. The van der Waals surface area contributed by atoms with Gasteiger partial charge in [-0.2, -0.15) is 0 Å². The number of rotatable bonds is 4. The number of nitrogens with zero attached hydrogens (tertiary/aromatic N) is 1. The highest BCUT2D eigenvalue weighted by molar-refractivity contribution is 9.10. The van der Waals surface area contributed by atoms with E-state index in [1.165, 1.54) is 4.90 Å². The molecule has 0 spiro atoms. The van der Waals surface area contributed by atoms with Gasteiger partial charge in [0.2, 0.25) is 5.91 Å². The van der Waals surface area contributed by atoms with Crippen LogP contribution in [0.15, 0.2) is 28.7 Å². The lowest BCUT2D eigenvalue weighted by Crippen LogP contribution is -2.47. The molecule has 0 bridgehead atoms. The number of halogens is 1. The Morgan fingerprint density at radius 3 is 2.13 bits per heavy atom. The predicted octanol–water partition coefficient (Wildman–Crippen LogP) is 3.67. The highest BCUT2D eigenvalue weighted by Crippen LogP contribution is 2.22. The monoisotopic (exact) mass is 384 g/mol. The minimum Gasteiger partial charge on any atom is -0.444 e. The van der Waals surface area contributed by atoms with Crippen LogP contribution in [-0.2, 0) is 15.1 Å². The van der Waals surface area contributed by atoms with Gasteiger partial charge in [-0.05, 0) is 52.3 Å². The number of amides is 2. The number of nitrogens with one attached hydrogen (secondary N) is 1. The fraction of sp³-hybridized carbons (Fsp3) is 0.529. The lowest BCUT2D eigenvalue weighted by Gasteiger charge is -2.29. The molecule has 0 saturated carbocycles. The molecule has 5 nitrogen and oxygen atoms in total. The van der Waals surface area contributed by atoms with Crippen molar-refractivity contribution in [2.75, 3.05) is 13.6 Å². The second-order valence-corrected chi connectivity index (χ2v) is 7.93. The Balaban J connectivity index is 2.64. The molecule has 1 aromatic carbocycles. The number of likely N-dealkylation sites (N-methyl/N-ethyl adjacent to an activating group) is 1. The van der Waals surface area contributed by atoms with Gasteiger partial charge in [0.1, 0.15) is 12.1 Å². The zero-order chi connectivity index (χ0) is 17.8. The van der Waals surface area contributed by atoms with Crippen molar-refractivity contribution < 1.29 is 14.3 Å². The van der Waals surface area contributed by atoms with Crippen LogP contribution in [0.25, 0.3) is 0 Å². The van der Waals surface area contributed by atoms with Crippen molar-refractivity contribution in [3.63, 3.8) is 0 Å². The Bertz CT molecular complexity index is 562. The van der Waals surface area contributed by atoms with Crippen molar-refractivity contribution in [1.29, 1.82) is 0 Å². The highest BCUT2D eigenvalue weighted by atomic mass is 79.9. The quantitative estimate of drug-likeness (QED) is 0.861. The van der Waals surface area contributed by atoms with Gasteiger partial charge < -0.3 is 15.0 Å². The van der Waals surface area contributed by atoms with Gasteiger partial charge in [0.05, 0.1) is 5.54 Å². The highest BCUT2D eigenvalue weighted by Gasteiger charge is 2.25. The average molecular weight is 385 g/mol. The van der Waals surface area contributed by atoms with E-state index in [0.717, 1.165) is 10.0 Å². The second-order valence-electron chi connectivity index (χ2n) is 7.02. The first-order valence-corrected chi connectivity index (χ1v) is 8.21. The normalized spacial score (nSPS) is 11.8. The molecule has 0 saturated heterocycles. The molecule has 0 heterocycles. The van der Waals surface area contributed by atoms with E-state index in [2.05, 4.69) is 21.2 Å². The smallest absolute Gasteiger partial charge is 0.410 e. The maximum Gasteiger partial charge on any atom is 0.410 e. The summed E-state index contributed by atoms with van der Waals surface area (Å²) in [6.07, 6.45) is -0.519. The van der Waals surface area contributed by atoms with Crippen LogP contribution in [0.2, 0.25) is 0 Å². The molecular weight excluding hydrogens is 360 g/mol. The molecule has 1 aromatic rings. The summed E-state index contributed by atoms with van der Waals surface area (Å²) in [5, 5.41) is 2.94. The third-order valence-corrected chi connectivity index (χ3v) is 3.63. The Kier molecular flexibility index (Phi) is 6.22. The van der Waals surface area contributed by atoms with E-state index in [-0.39, 0.29) is 12.5 Å². The topological polar surface area (TPSA) is 58.6 Å². The SMILES string of the molecule is CN(CC(=O)NC(C)(C)c1ccc(Br)cc1)C(=O)OC(C)(C)C. The summed E-state index contributed by atoms with van der Waals surface area (Å²) >= 11 is 3.39. The van der Waals surface area contributed by atoms with Gasteiger partial charge in [-0.15, -0.1) is 0 Å². The molecule has 0 fully saturated rings. The van der Waals surface area contributed by atoms with E-state index in [1.807, 2.05) is 38.1 Å². The summed E-state index contributed by atoms with van der Waals surface area (Å²) in [5.74, 6) is -0.244. The zero-order valence-corrected chi connectivity index (χ0v) is 16.2. The van der Waals surface area contributed by atoms with Crippen molar-refractivity contribution in [1.82, 2.24) is 10.2 Å². The first-order chi connectivity index (χ1) is 10.4. The van der Waals surface area contributed by atoms with Crippen LogP contribution >= 0.6 is 15.9 Å². The van der Waals surface area contributed by atoms with Gasteiger partial charge in [0.15, 0.2) is 0 Å². The fourth-order valence-corrected chi connectivity index (χ4v) is 2.21. The maximum atomic E-state index is 12.2. The molecule has 0 unspecified atom stereocenters. The van der Waals surface area contributed by atoms with Crippen LogP contribution in [0.3, 0.4) is 0 Å². The summed E-state index contributed by atoms with van der Waals surface area (Å²) in [6, 6.07) is 7.75. The maximum absolute atomic E-state index is 12.2. The van der Waals surface area contributed by atoms with Crippen LogP contribution in [0, 0.1) is 0 Å². The van der Waals surface area contributed by atoms with Crippen LogP contribution in [0.1, 0.15) is 40.2 Å². The van der Waals surface area contributed by atoms with Crippen LogP contribution < -0.4 is 5.32 Å². The third-order valence-electron chi connectivity index (χ3n) is 3.10. The van der Waals surface area contributed by atoms with Gasteiger partial charge in [-0.3, -0.25) is 4.79 Å². The first kappa shape index (κ1) is 19.5. The summed E-state index contributed by atoms with van der Waals surface area (Å²) in [4.78, 5) is 25.4. The first-order valence-electron chi connectivity index (χ1n) is 7.42. The van der Waals surface area contributed by atoms with Gasteiger partial charge >= 0.3 is 6.09 Å². The number of hydrogen-bond donors (Lipinski definition) is 1. The molecular formula is C17H25BrN2O3. The summed E-state index contributed by atoms with van der Waals surface area (Å²) < 4.78 is 6.21. The number of hydrogen-bond acceptors (Lipinski definition) is 3. The van der Waals surface area contributed by atoms with Crippen molar-refractivity contribution in [3.8, 4) is 0 Å². The Morgan fingerprint density at radius 2 is 1.65 bits per heavy atom. The Hall–Kier alpha value is -1.56. The second kappa shape index (κ2) is 7.34. The van der Waals surface area contributed by atoms with Crippen LogP contribution in [0.5, 0.6) is 0 Å². The Morgan fingerprint density at radius 1 is 1.13 bits per heavy atom. The standard InChI is InChI=1S/C17H25BrN2O3/c1-16(2,3)23-15(22)20(6)11-14(21)19-17(4,5)12-7-9-13(18)10-8-12/h7-10H,11H2,1-6H3,(H,19,21). The molecule has 0 aliphatic carbocycles. The van der Waals surface area contributed by atoms with E-state index in [0.29, 0.717) is 0 Å². The minimum absolute atomic E-state index is 0.0606. The summed E-state index contributed by atoms with van der Waals surface area (Å²) in [6.45, 7) is 9.14. The van der Waals surface area contributed by atoms with E-state index in [9.17, 15) is 9.59 Å². The molecule has 23 heavy (non-hydrogen) atoms. The van der Waals surface area contributed by atoms with Crippen molar-refractivity contribution in [2.24, 2.45) is 0 Å². The lowest BCUT2D eigenvalue weighted by molar-refractivity contribution is -0.123. The number of benzene rings is 1. The molecule has 1 N–H and O–H groups in total. The molecule has 1 rings (SSSR count). The molecule has 0 radical (unpaired) electrons. The van der Waals surface area contributed by atoms with E-state index in [4.69, 9.17) is 4.74 Å². The minimum atomic E-state index is -0.585. The number of carbonyl (C=O) groups is 2. The predicted molar refractivity (Wildman–Crippen MR) is 94.2 cm³/mol. The lowest BCUT2D eigenvalue weighted by atomic mass is 9.94. The molecule has 0 aliphatic rings. The largest absolute Gasteiger partial charge is 0.444 e. The van der Waals surface area contributed by atoms with Crippen molar-refractivity contribution >= 4 is 27.9 Å². The number of ether oxygens (including phenoxy) is 1. The van der Waals surface area contributed by atoms with Crippen molar-refractivity contribution in [2.45, 2.75) is 45.8 Å². The van der Waals surface area contributed by atoms with E-state index < -0.39 is 17.2 Å². The molecule has 6 heteroatoms. The van der Waals surface area contributed by atoms with Gasteiger partial charge in [-0.1, -0.05) is 28.1 Å². The van der Waals surface area contributed by atoms with E-state index in [1.54, 1.807) is 27.8 Å². The molecule has 128 valence electrons. The molecule has 2 amide bonds. The average Bonchev–Trinajstić information content (AvgIpc) is 2.36. The molecule has 0 aromatic heterocycles.